The molecular weight excluding hydrogens is 243 g/mol. The van der Waals surface area contributed by atoms with Gasteiger partial charge >= 0.3 is 0 Å². The number of aromatic nitrogens is 3. The summed E-state index contributed by atoms with van der Waals surface area (Å²) in [5, 5.41) is 11.5. The Balaban J connectivity index is 1.86. The first-order valence-electron chi connectivity index (χ1n) is 6.32. The van der Waals surface area contributed by atoms with Crippen molar-refractivity contribution < 1.29 is 4.39 Å². The van der Waals surface area contributed by atoms with E-state index in [1.54, 1.807) is 12.1 Å². The number of rotatable bonds is 4. The molecular formula is C14H19FN4. The van der Waals surface area contributed by atoms with Gasteiger partial charge in [0.2, 0.25) is 0 Å². The molecule has 1 aromatic carbocycles. The lowest BCUT2D eigenvalue weighted by Crippen LogP contribution is -2.22. The van der Waals surface area contributed by atoms with E-state index < -0.39 is 0 Å². The van der Waals surface area contributed by atoms with Gasteiger partial charge in [0.05, 0.1) is 17.4 Å². The molecule has 0 saturated carbocycles. The van der Waals surface area contributed by atoms with Crippen LogP contribution in [0.15, 0.2) is 30.5 Å². The number of hydrogen-bond acceptors (Lipinski definition) is 3. The zero-order chi connectivity index (χ0) is 13.9. The van der Waals surface area contributed by atoms with E-state index in [1.807, 2.05) is 10.9 Å². The average molecular weight is 262 g/mol. The lowest BCUT2D eigenvalue weighted by atomic mass is 10.1. The molecule has 1 aromatic heterocycles. The van der Waals surface area contributed by atoms with Gasteiger partial charge in [-0.1, -0.05) is 17.3 Å². The van der Waals surface area contributed by atoms with Crippen LogP contribution in [0.1, 0.15) is 32.0 Å². The topological polar surface area (TPSA) is 42.7 Å². The minimum Gasteiger partial charge on any atom is -0.307 e. The maximum atomic E-state index is 12.7. The normalized spacial score (nSPS) is 11.8. The molecule has 4 nitrogen and oxygen atoms in total. The average Bonchev–Trinajstić information content (AvgIpc) is 2.80. The maximum absolute atomic E-state index is 12.7. The van der Waals surface area contributed by atoms with E-state index >= 15 is 0 Å². The monoisotopic (exact) mass is 262 g/mol. The van der Waals surface area contributed by atoms with Gasteiger partial charge in [-0.25, -0.2) is 9.07 Å². The fraction of sp³-hybridized carbons (Fsp3) is 0.429. The van der Waals surface area contributed by atoms with Gasteiger partial charge in [0.25, 0.3) is 0 Å². The van der Waals surface area contributed by atoms with Gasteiger partial charge in [-0.2, -0.15) is 0 Å². The Morgan fingerprint density at radius 1 is 1.16 bits per heavy atom. The molecule has 0 bridgehead atoms. The van der Waals surface area contributed by atoms with Crippen molar-refractivity contribution in [2.45, 2.75) is 39.4 Å². The second-order valence-corrected chi connectivity index (χ2v) is 5.56. The largest absolute Gasteiger partial charge is 0.307 e. The Kier molecular flexibility index (Phi) is 3.95. The first-order chi connectivity index (χ1) is 8.95. The fourth-order valence-corrected chi connectivity index (χ4v) is 1.64. The highest BCUT2D eigenvalue weighted by Gasteiger charge is 2.14. The summed E-state index contributed by atoms with van der Waals surface area (Å²) < 4.78 is 14.6. The molecule has 19 heavy (non-hydrogen) atoms. The van der Waals surface area contributed by atoms with Crippen LogP contribution in [0.3, 0.4) is 0 Å². The molecule has 0 aliphatic carbocycles. The zero-order valence-electron chi connectivity index (χ0n) is 11.5. The minimum atomic E-state index is -0.211. The van der Waals surface area contributed by atoms with E-state index in [4.69, 9.17) is 0 Å². The number of hydrogen-bond donors (Lipinski definition) is 1. The SMILES string of the molecule is CC(C)(C)n1cc(CNCc2ccc(F)cc2)nn1. The number of nitrogens with zero attached hydrogens (tertiary/aromatic N) is 3. The summed E-state index contributed by atoms with van der Waals surface area (Å²) in [6.07, 6.45) is 1.94. The molecule has 0 saturated heterocycles. The van der Waals surface area contributed by atoms with Crippen LogP contribution in [0.5, 0.6) is 0 Å². The van der Waals surface area contributed by atoms with Crippen molar-refractivity contribution in [3.05, 3.63) is 47.5 Å². The summed E-state index contributed by atoms with van der Waals surface area (Å²) in [6.45, 7) is 7.57. The highest BCUT2D eigenvalue weighted by Crippen LogP contribution is 2.11. The minimum absolute atomic E-state index is 0.0534. The third-order valence-corrected chi connectivity index (χ3v) is 2.78. The first kappa shape index (κ1) is 13.7. The molecule has 0 atom stereocenters. The van der Waals surface area contributed by atoms with E-state index in [0.29, 0.717) is 13.1 Å². The molecule has 0 fully saturated rings. The lowest BCUT2D eigenvalue weighted by Gasteiger charge is -2.17. The molecule has 5 heteroatoms. The maximum Gasteiger partial charge on any atom is 0.123 e. The van der Waals surface area contributed by atoms with Gasteiger partial charge in [-0.15, -0.1) is 5.10 Å². The molecule has 0 aliphatic rings. The van der Waals surface area contributed by atoms with E-state index in [9.17, 15) is 4.39 Å². The van der Waals surface area contributed by atoms with Crippen LogP contribution in [0.2, 0.25) is 0 Å². The second kappa shape index (κ2) is 5.48. The third kappa shape index (κ3) is 3.86. The van der Waals surface area contributed by atoms with Crippen molar-refractivity contribution >= 4 is 0 Å². The molecule has 0 aliphatic heterocycles. The highest BCUT2D eigenvalue weighted by atomic mass is 19.1. The van der Waals surface area contributed by atoms with Crippen LogP contribution in [0.25, 0.3) is 0 Å². The Bertz CT molecular complexity index is 525. The van der Waals surface area contributed by atoms with Gasteiger partial charge < -0.3 is 5.32 Å². The Morgan fingerprint density at radius 3 is 2.42 bits per heavy atom. The highest BCUT2D eigenvalue weighted by molar-refractivity contribution is 5.15. The van der Waals surface area contributed by atoms with Crippen LogP contribution in [0.4, 0.5) is 4.39 Å². The molecule has 0 unspecified atom stereocenters. The first-order valence-corrected chi connectivity index (χ1v) is 6.32. The molecule has 0 radical (unpaired) electrons. The smallest absolute Gasteiger partial charge is 0.123 e. The third-order valence-electron chi connectivity index (χ3n) is 2.78. The van der Waals surface area contributed by atoms with Crippen molar-refractivity contribution in [3.8, 4) is 0 Å². The Labute approximate surface area is 112 Å². The van der Waals surface area contributed by atoms with Gasteiger partial charge in [-0.3, -0.25) is 0 Å². The summed E-state index contributed by atoms with van der Waals surface area (Å²) >= 11 is 0. The standard InChI is InChI=1S/C14H19FN4/c1-14(2,3)19-10-13(17-18-19)9-16-8-11-4-6-12(15)7-5-11/h4-7,10,16H,8-9H2,1-3H3. The summed E-state index contributed by atoms with van der Waals surface area (Å²) in [5.74, 6) is -0.211. The molecule has 2 rings (SSSR count). The Morgan fingerprint density at radius 2 is 1.84 bits per heavy atom. The summed E-state index contributed by atoms with van der Waals surface area (Å²) in [5.41, 5.74) is 1.89. The van der Waals surface area contributed by atoms with Gasteiger partial charge in [0.15, 0.2) is 0 Å². The van der Waals surface area contributed by atoms with E-state index in [-0.39, 0.29) is 11.4 Å². The van der Waals surface area contributed by atoms with Crippen molar-refractivity contribution in [2.75, 3.05) is 0 Å². The summed E-state index contributed by atoms with van der Waals surface area (Å²) in [4.78, 5) is 0. The van der Waals surface area contributed by atoms with Crippen molar-refractivity contribution in [1.82, 2.24) is 20.3 Å². The van der Waals surface area contributed by atoms with Crippen molar-refractivity contribution in [1.29, 1.82) is 0 Å². The quantitative estimate of drug-likeness (QED) is 0.920. The molecule has 2 aromatic rings. The predicted molar refractivity (Wildman–Crippen MR) is 72.0 cm³/mol. The van der Waals surface area contributed by atoms with Crippen LogP contribution in [-0.4, -0.2) is 15.0 Å². The molecule has 102 valence electrons. The predicted octanol–water partition coefficient (Wildman–Crippen LogP) is 2.46. The van der Waals surface area contributed by atoms with Gasteiger partial charge in [0.1, 0.15) is 5.82 Å². The zero-order valence-corrected chi connectivity index (χ0v) is 11.5. The van der Waals surface area contributed by atoms with Crippen molar-refractivity contribution in [3.63, 3.8) is 0 Å². The summed E-state index contributed by atoms with van der Waals surface area (Å²) in [7, 11) is 0. The van der Waals surface area contributed by atoms with Crippen molar-refractivity contribution in [2.24, 2.45) is 0 Å². The van der Waals surface area contributed by atoms with Crippen LogP contribution < -0.4 is 5.32 Å². The number of nitrogens with one attached hydrogen (secondary N) is 1. The van der Waals surface area contributed by atoms with Crippen LogP contribution in [-0.2, 0) is 18.6 Å². The van der Waals surface area contributed by atoms with E-state index in [2.05, 4.69) is 36.4 Å². The molecule has 1 N–H and O–H groups in total. The lowest BCUT2D eigenvalue weighted by molar-refractivity contribution is 0.347. The second-order valence-electron chi connectivity index (χ2n) is 5.56. The number of benzene rings is 1. The fourth-order valence-electron chi connectivity index (χ4n) is 1.64. The molecule has 0 spiro atoms. The van der Waals surface area contributed by atoms with E-state index in [1.165, 1.54) is 12.1 Å². The Hall–Kier alpha value is -1.75. The van der Waals surface area contributed by atoms with E-state index in [0.717, 1.165) is 11.3 Å². The van der Waals surface area contributed by atoms with Gasteiger partial charge in [0, 0.05) is 13.1 Å². The van der Waals surface area contributed by atoms with Crippen LogP contribution >= 0.6 is 0 Å². The van der Waals surface area contributed by atoms with Gasteiger partial charge in [-0.05, 0) is 38.5 Å². The summed E-state index contributed by atoms with van der Waals surface area (Å²) in [6, 6.07) is 6.47. The number of halogens is 1. The van der Waals surface area contributed by atoms with Crippen LogP contribution in [0, 0.1) is 5.82 Å². The molecule has 1 heterocycles. The molecule has 0 amide bonds.